The second-order valence-electron chi connectivity index (χ2n) is 5.95. The van der Waals surface area contributed by atoms with Crippen molar-refractivity contribution in [2.75, 3.05) is 11.9 Å². The van der Waals surface area contributed by atoms with Crippen LogP contribution in [0.1, 0.15) is 36.5 Å². The summed E-state index contributed by atoms with van der Waals surface area (Å²) >= 11 is 5.96. The van der Waals surface area contributed by atoms with Gasteiger partial charge in [-0.25, -0.2) is 4.79 Å². The van der Waals surface area contributed by atoms with Gasteiger partial charge in [-0.15, -0.1) is 0 Å². The van der Waals surface area contributed by atoms with Crippen LogP contribution in [-0.4, -0.2) is 12.6 Å². The minimum atomic E-state index is -0.178. The molecule has 0 heterocycles. The van der Waals surface area contributed by atoms with Crippen molar-refractivity contribution in [1.29, 1.82) is 0 Å². The molecule has 2 amide bonds. The first-order valence-electron chi connectivity index (χ1n) is 7.86. The molecule has 0 spiro atoms. The summed E-state index contributed by atoms with van der Waals surface area (Å²) in [5.41, 5.74) is 4.23. The summed E-state index contributed by atoms with van der Waals surface area (Å²) in [4.78, 5) is 12.1. The van der Waals surface area contributed by atoms with Crippen molar-refractivity contribution in [2.45, 2.75) is 33.1 Å². The molecule has 122 valence electrons. The van der Waals surface area contributed by atoms with Gasteiger partial charge in [-0.1, -0.05) is 55.8 Å². The van der Waals surface area contributed by atoms with Crippen molar-refractivity contribution < 1.29 is 4.79 Å². The highest BCUT2D eigenvalue weighted by molar-refractivity contribution is 6.30. The molecule has 0 saturated heterocycles. The van der Waals surface area contributed by atoms with Gasteiger partial charge in [-0.3, -0.25) is 0 Å². The molecule has 0 aromatic heterocycles. The number of halogens is 1. The standard InChI is InChI=1S/C19H23ClN2O/c1-13(2)17-9-4-6-14(3)18(17)22-19(23)21-11-10-15-7-5-8-16(20)12-15/h4-9,12-13H,10-11H2,1-3H3,(H2,21,22,23). The van der Waals surface area contributed by atoms with E-state index >= 15 is 0 Å². The Morgan fingerprint density at radius 3 is 2.61 bits per heavy atom. The number of amides is 2. The first kappa shape index (κ1) is 17.4. The number of hydrogen-bond donors (Lipinski definition) is 2. The van der Waals surface area contributed by atoms with Gasteiger partial charge in [0.1, 0.15) is 0 Å². The van der Waals surface area contributed by atoms with Crippen LogP contribution in [0.15, 0.2) is 42.5 Å². The summed E-state index contributed by atoms with van der Waals surface area (Å²) in [5.74, 6) is 0.358. The van der Waals surface area contributed by atoms with Crippen LogP contribution in [0, 0.1) is 6.92 Å². The molecule has 0 saturated carbocycles. The van der Waals surface area contributed by atoms with Gasteiger partial charge >= 0.3 is 6.03 Å². The monoisotopic (exact) mass is 330 g/mol. The Bertz CT molecular complexity index is 683. The van der Waals surface area contributed by atoms with E-state index in [0.717, 1.165) is 28.8 Å². The summed E-state index contributed by atoms with van der Waals surface area (Å²) in [7, 11) is 0. The summed E-state index contributed by atoms with van der Waals surface area (Å²) in [5, 5.41) is 6.60. The number of carbonyl (C=O) groups is 1. The van der Waals surface area contributed by atoms with Crippen molar-refractivity contribution >= 4 is 23.3 Å². The molecule has 0 aliphatic heterocycles. The zero-order chi connectivity index (χ0) is 16.8. The number of benzene rings is 2. The summed E-state index contributed by atoms with van der Waals surface area (Å²) in [6, 6.07) is 13.6. The van der Waals surface area contributed by atoms with Gasteiger partial charge in [0.25, 0.3) is 0 Å². The predicted octanol–water partition coefficient (Wildman–Crippen LogP) is 5.14. The van der Waals surface area contributed by atoms with E-state index in [4.69, 9.17) is 11.6 Å². The first-order chi connectivity index (χ1) is 11.0. The lowest BCUT2D eigenvalue weighted by Crippen LogP contribution is -2.31. The van der Waals surface area contributed by atoms with Gasteiger partial charge in [-0.2, -0.15) is 0 Å². The van der Waals surface area contributed by atoms with E-state index in [1.165, 1.54) is 0 Å². The minimum Gasteiger partial charge on any atom is -0.338 e. The molecule has 0 aliphatic carbocycles. The maximum absolute atomic E-state index is 12.1. The van der Waals surface area contributed by atoms with Gasteiger partial charge in [0.15, 0.2) is 0 Å². The van der Waals surface area contributed by atoms with E-state index in [1.807, 2.05) is 43.3 Å². The van der Waals surface area contributed by atoms with Crippen molar-refractivity contribution in [1.82, 2.24) is 5.32 Å². The van der Waals surface area contributed by atoms with E-state index in [0.29, 0.717) is 17.5 Å². The number of rotatable bonds is 5. The molecule has 2 aromatic carbocycles. The van der Waals surface area contributed by atoms with E-state index in [1.54, 1.807) is 0 Å². The molecule has 0 radical (unpaired) electrons. The summed E-state index contributed by atoms with van der Waals surface area (Å²) in [6.07, 6.45) is 0.749. The fourth-order valence-electron chi connectivity index (χ4n) is 2.51. The fraction of sp³-hybridized carbons (Fsp3) is 0.316. The molecule has 3 nitrogen and oxygen atoms in total. The predicted molar refractivity (Wildman–Crippen MR) is 97.4 cm³/mol. The molecule has 0 aliphatic rings. The lowest BCUT2D eigenvalue weighted by molar-refractivity contribution is 0.252. The Hall–Kier alpha value is -2.00. The number of anilines is 1. The van der Waals surface area contributed by atoms with Crippen LogP contribution in [0.5, 0.6) is 0 Å². The third-order valence-electron chi connectivity index (χ3n) is 3.75. The zero-order valence-corrected chi connectivity index (χ0v) is 14.6. The first-order valence-corrected chi connectivity index (χ1v) is 8.24. The van der Waals surface area contributed by atoms with Crippen molar-refractivity contribution in [3.8, 4) is 0 Å². The van der Waals surface area contributed by atoms with E-state index in [-0.39, 0.29) is 6.03 Å². The Balaban J connectivity index is 1.93. The van der Waals surface area contributed by atoms with Crippen LogP contribution < -0.4 is 10.6 Å². The number of urea groups is 1. The molecule has 2 rings (SSSR count). The second kappa shape index (κ2) is 8.02. The Kier molecular flexibility index (Phi) is 6.05. The number of aryl methyl sites for hydroxylation is 1. The van der Waals surface area contributed by atoms with Crippen molar-refractivity contribution in [2.24, 2.45) is 0 Å². The zero-order valence-electron chi connectivity index (χ0n) is 13.8. The highest BCUT2D eigenvalue weighted by Crippen LogP contribution is 2.27. The molecule has 0 unspecified atom stereocenters. The number of hydrogen-bond acceptors (Lipinski definition) is 1. The van der Waals surface area contributed by atoms with Gasteiger partial charge in [0.2, 0.25) is 0 Å². The molecule has 0 atom stereocenters. The molecule has 2 N–H and O–H groups in total. The van der Waals surface area contributed by atoms with E-state index < -0.39 is 0 Å². The number of para-hydroxylation sites is 1. The molecule has 0 bridgehead atoms. The smallest absolute Gasteiger partial charge is 0.319 e. The topological polar surface area (TPSA) is 41.1 Å². The summed E-state index contributed by atoms with van der Waals surface area (Å²) < 4.78 is 0. The van der Waals surface area contributed by atoms with Crippen LogP contribution in [-0.2, 0) is 6.42 Å². The lowest BCUT2D eigenvalue weighted by Gasteiger charge is -2.16. The van der Waals surface area contributed by atoms with E-state index in [2.05, 4.69) is 30.5 Å². The number of nitrogens with one attached hydrogen (secondary N) is 2. The molecule has 2 aromatic rings. The lowest BCUT2D eigenvalue weighted by atomic mass is 9.98. The van der Waals surface area contributed by atoms with E-state index in [9.17, 15) is 4.79 Å². The molecule has 23 heavy (non-hydrogen) atoms. The van der Waals surface area contributed by atoms with Crippen LogP contribution in [0.2, 0.25) is 5.02 Å². The SMILES string of the molecule is Cc1cccc(C(C)C)c1NC(=O)NCCc1cccc(Cl)c1. The Labute approximate surface area is 143 Å². The van der Waals surface area contributed by atoms with Crippen LogP contribution >= 0.6 is 11.6 Å². The maximum Gasteiger partial charge on any atom is 0.319 e. The summed E-state index contributed by atoms with van der Waals surface area (Å²) in [6.45, 7) is 6.82. The average Bonchev–Trinajstić information content (AvgIpc) is 2.49. The van der Waals surface area contributed by atoms with Gasteiger partial charge in [0.05, 0.1) is 0 Å². The molecular formula is C19H23ClN2O. The second-order valence-corrected chi connectivity index (χ2v) is 6.39. The van der Waals surface area contributed by atoms with Crippen molar-refractivity contribution in [3.63, 3.8) is 0 Å². The highest BCUT2D eigenvalue weighted by Gasteiger charge is 2.11. The van der Waals surface area contributed by atoms with Crippen LogP contribution in [0.25, 0.3) is 0 Å². The largest absolute Gasteiger partial charge is 0.338 e. The van der Waals surface area contributed by atoms with Gasteiger partial charge in [0, 0.05) is 17.3 Å². The third kappa shape index (κ3) is 5.00. The van der Waals surface area contributed by atoms with Gasteiger partial charge in [-0.05, 0) is 48.1 Å². The molecule has 0 fully saturated rings. The van der Waals surface area contributed by atoms with Gasteiger partial charge < -0.3 is 10.6 Å². The Morgan fingerprint density at radius 1 is 1.17 bits per heavy atom. The van der Waals surface area contributed by atoms with Crippen LogP contribution in [0.3, 0.4) is 0 Å². The average molecular weight is 331 g/mol. The molecular weight excluding hydrogens is 308 g/mol. The minimum absolute atomic E-state index is 0.178. The van der Waals surface area contributed by atoms with Crippen LogP contribution in [0.4, 0.5) is 10.5 Å². The fourth-order valence-corrected chi connectivity index (χ4v) is 2.73. The number of carbonyl (C=O) groups excluding carboxylic acids is 1. The quantitative estimate of drug-likeness (QED) is 0.783. The maximum atomic E-state index is 12.1. The Morgan fingerprint density at radius 2 is 1.91 bits per heavy atom. The third-order valence-corrected chi connectivity index (χ3v) is 3.99. The highest BCUT2D eigenvalue weighted by atomic mass is 35.5. The van der Waals surface area contributed by atoms with Crippen molar-refractivity contribution in [3.05, 3.63) is 64.2 Å². The molecule has 4 heteroatoms. The normalized spacial score (nSPS) is 10.7.